The zero-order valence-corrected chi connectivity index (χ0v) is 21.2. The topological polar surface area (TPSA) is 95.2 Å². The Labute approximate surface area is 220 Å². The maximum Gasteiger partial charge on any atom is 0.312 e. The van der Waals surface area contributed by atoms with Gasteiger partial charge in [0.2, 0.25) is 5.88 Å². The van der Waals surface area contributed by atoms with Crippen molar-refractivity contribution in [2.75, 3.05) is 20.2 Å². The van der Waals surface area contributed by atoms with Crippen LogP contribution in [0.5, 0.6) is 11.6 Å². The van der Waals surface area contributed by atoms with Gasteiger partial charge >= 0.3 is 5.91 Å². The number of benzene rings is 3. The van der Waals surface area contributed by atoms with E-state index in [0.717, 1.165) is 58.9 Å². The first-order valence-electron chi connectivity index (χ1n) is 12.9. The first-order valence-corrected chi connectivity index (χ1v) is 12.9. The predicted molar refractivity (Wildman–Crippen MR) is 148 cm³/mol. The summed E-state index contributed by atoms with van der Waals surface area (Å²) in [5.74, 6) is 0.185. The third-order valence-electron chi connectivity index (χ3n) is 7.23. The van der Waals surface area contributed by atoms with E-state index < -0.39 is 5.91 Å². The second-order valence-corrected chi connectivity index (χ2v) is 9.60. The van der Waals surface area contributed by atoms with E-state index in [1.165, 1.54) is 6.42 Å². The number of likely N-dealkylation sites (tertiary alicyclic amines) is 1. The average Bonchev–Trinajstić information content (AvgIpc) is 3.47. The van der Waals surface area contributed by atoms with E-state index in [2.05, 4.69) is 20.1 Å². The van der Waals surface area contributed by atoms with Crippen molar-refractivity contribution >= 4 is 33.4 Å². The highest BCUT2D eigenvalue weighted by molar-refractivity contribution is 6.10. The number of nitrogens with one attached hydrogen (secondary N) is 1. The number of H-pyrrole nitrogens is 1. The summed E-state index contributed by atoms with van der Waals surface area (Å²) in [7, 11) is 1.62. The summed E-state index contributed by atoms with van der Waals surface area (Å²) in [6.45, 7) is 2.56. The van der Waals surface area contributed by atoms with Crippen molar-refractivity contribution in [3.05, 3.63) is 78.5 Å². The Balaban J connectivity index is 1.40. The number of aromatic amines is 1. The van der Waals surface area contributed by atoms with Gasteiger partial charge in [-0.05, 0) is 55.8 Å². The molecule has 0 bridgehead atoms. The molecule has 0 radical (unpaired) electrons. The van der Waals surface area contributed by atoms with Gasteiger partial charge in [-0.1, -0.05) is 55.0 Å². The summed E-state index contributed by atoms with van der Waals surface area (Å²) in [6, 6.07) is 23.0. The van der Waals surface area contributed by atoms with Crippen molar-refractivity contribution in [1.82, 2.24) is 14.5 Å². The van der Waals surface area contributed by atoms with Crippen molar-refractivity contribution in [3.63, 3.8) is 0 Å². The second-order valence-electron chi connectivity index (χ2n) is 9.60. The van der Waals surface area contributed by atoms with Crippen LogP contribution in [0.1, 0.15) is 29.8 Å². The molecule has 0 aliphatic carbocycles. The molecule has 6 rings (SSSR count). The van der Waals surface area contributed by atoms with Gasteiger partial charge in [-0.2, -0.15) is 0 Å². The van der Waals surface area contributed by atoms with Gasteiger partial charge in [-0.3, -0.25) is 14.3 Å². The fourth-order valence-corrected chi connectivity index (χ4v) is 5.32. The number of fused-ring (bicyclic) bond motifs is 2. The lowest BCUT2D eigenvalue weighted by Crippen LogP contribution is -2.31. The van der Waals surface area contributed by atoms with Gasteiger partial charge in [0.05, 0.1) is 19.3 Å². The third kappa shape index (κ3) is 4.33. The second kappa shape index (κ2) is 10.1. The molecular formula is C30H29N5O3. The fourth-order valence-electron chi connectivity index (χ4n) is 5.32. The van der Waals surface area contributed by atoms with Crippen molar-refractivity contribution in [2.24, 2.45) is 10.2 Å². The number of aromatic hydroxyl groups is 1. The zero-order chi connectivity index (χ0) is 26.1. The number of hydrogen-bond acceptors (Lipinski definition) is 5. The van der Waals surface area contributed by atoms with E-state index in [9.17, 15) is 9.90 Å². The van der Waals surface area contributed by atoms with Gasteiger partial charge in [0.1, 0.15) is 11.4 Å². The number of azo groups is 1. The lowest BCUT2D eigenvalue weighted by Gasteiger charge is -2.27. The van der Waals surface area contributed by atoms with E-state index in [1.54, 1.807) is 7.11 Å². The molecule has 0 spiro atoms. The molecule has 1 fully saturated rings. The smallest absolute Gasteiger partial charge is 0.312 e. The molecule has 5 aromatic rings. The molecule has 192 valence electrons. The number of aromatic nitrogens is 2. The predicted octanol–water partition coefficient (Wildman–Crippen LogP) is 6.87. The number of carbonyl (C=O) groups is 1. The van der Waals surface area contributed by atoms with E-state index in [4.69, 9.17) is 4.74 Å². The van der Waals surface area contributed by atoms with Crippen LogP contribution in [0.2, 0.25) is 0 Å². The summed E-state index contributed by atoms with van der Waals surface area (Å²) < 4.78 is 7.28. The Bertz CT molecular complexity index is 1650. The molecule has 0 atom stereocenters. The summed E-state index contributed by atoms with van der Waals surface area (Å²) in [5, 5.41) is 21.2. The monoisotopic (exact) mass is 507 g/mol. The number of para-hydroxylation sites is 1. The minimum absolute atomic E-state index is 0.0120. The molecule has 3 heterocycles. The number of piperidine rings is 1. The standard InChI is InChI=1S/C30H29N5O3/c1-38-21-14-15-24-23(18-21)26(20-10-4-2-5-11-20)28(31-24)29(36)33-32-27-22-12-6-7-13-25(22)35(30(27)37)19-34-16-8-3-9-17-34/h2,4-7,10-15,18,31,37H,3,8-9,16-17,19H2,1H3. The average molecular weight is 508 g/mol. The quantitative estimate of drug-likeness (QED) is 0.245. The Hall–Kier alpha value is -4.43. The van der Waals surface area contributed by atoms with Crippen molar-refractivity contribution < 1.29 is 14.6 Å². The normalized spacial score (nSPS) is 14.6. The maximum atomic E-state index is 13.5. The Kier molecular flexibility index (Phi) is 6.39. The van der Waals surface area contributed by atoms with Crippen LogP contribution in [0.25, 0.3) is 32.9 Å². The molecule has 0 saturated carbocycles. The molecule has 1 amide bonds. The molecule has 3 aromatic carbocycles. The highest BCUT2D eigenvalue weighted by Gasteiger charge is 2.22. The number of nitrogens with zero attached hydrogens (tertiary/aromatic N) is 4. The first kappa shape index (κ1) is 23.9. The number of amides is 1. The van der Waals surface area contributed by atoms with Crippen molar-refractivity contribution in [1.29, 1.82) is 0 Å². The maximum absolute atomic E-state index is 13.5. The molecule has 0 unspecified atom stereocenters. The van der Waals surface area contributed by atoms with E-state index in [1.807, 2.05) is 77.4 Å². The molecule has 1 saturated heterocycles. The summed E-state index contributed by atoms with van der Waals surface area (Å²) in [4.78, 5) is 19.0. The highest BCUT2D eigenvalue weighted by atomic mass is 16.5. The number of rotatable bonds is 6. The van der Waals surface area contributed by atoms with Crippen LogP contribution < -0.4 is 4.74 Å². The van der Waals surface area contributed by atoms with Crippen LogP contribution in [0.15, 0.2) is 83.0 Å². The number of ether oxygens (including phenoxy) is 1. The summed E-state index contributed by atoms with van der Waals surface area (Å²) >= 11 is 0. The van der Waals surface area contributed by atoms with Gasteiger partial charge in [0.15, 0.2) is 5.69 Å². The third-order valence-corrected chi connectivity index (χ3v) is 7.23. The zero-order valence-electron chi connectivity index (χ0n) is 21.2. The van der Waals surface area contributed by atoms with Crippen LogP contribution in [0.4, 0.5) is 5.69 Å². The summed E-state index contributed by atoms with van der Waals surface area (Å²) in [6.07, 6.45) is 3.55. The fraction of sp³-hybridized carbons (Fsp3) is 0.233. The van der Waals surface area contributed by atoms with Crippen molar-refractivity contribution in [3.8, 4) is 22.8 Å². The lowest BCUT2D eigenvalue weighted by atomic mass is 10.0. The first-order chi connectivity index (χ1) is 18.6. The minimum atomic E-state index is -0.522. The van der Waals surface area contributed by atoms with Crippen LogP contribution in [-0.4, -0.2) is 45.7 Å². The molecule has 2 aromatic heterocycles. The van der Waals surface area contributed by atoms with Crippen LogP contribution in [0.3, 0.4) is 0 Å². The largest absolute Gasteiger partial charge is 0.497 e. The molecule has 2 N–H and O–H groups in total. The molecule has 1 aliphatic heterocycles. The van der Waals surface area contributed by atoms with Crippen LogP contribution in [0, 0.1) is 0 Å². The van der Waals surface area contributed by atoms with Gasteiger partial charge in [-0.25, -0.2) is 0 Å². The Morgan fingerprint density at radius 2 is 1.74 bits per heavy atom. The number of hydrogen-bond donors (Lipinski definition) is 2. The molecule has 38 heavy (non-hydrogen) atoms. The lowest BCUT2D eigenvalue weighted by molar-refractivity contribution is 0.0991. The SMILES string of the molecule is COc1ccc2[nH]c(C(=O)N=Nc3c(O)n(CN4CCCCC4)c4ccccc34)c(-c3ccccc3)c2c1. The van der Waals surface area contributed by atoms with Gasteiger partial charge in [-0.15, -0.1) is 10.2 Å². The van der Waals surface area contributed by atoms with Crippen LogP contribution in [-0.2, 0) is 6.67 Å². The Morgan fingerprint density at radius 1 is 0.974 bits per heavy atom. The van der Waals surface area contributed by atoms with Crippen molar-refractivity contribution in [2.45, 2.75) is 25.9 Å². The van der Waals surface area contributed by atoms with Gasteiger partial charge in [0, 0.05) is 21.9 Å². The molecule has 8 heteroatoms. The Morgan fingerprint density at radius 3 is 2.53 bits per heavy atom. The van der Waals surface area contributed by atoms with Gasteiger partial charge in [0.25, 0.3) is 0 Å². The van der Waals surface area contributed by atoms with Gasteiger partial charge < -0.3 is 14.8 Å². The highest BCUT2D eigenvalue weighted by Crippen LogP contribution is 2.40. The summed E-state index contributed by atoms with van der Waals surface area (Å²) in [5.41, 5.74) is 3.90. The number of carbonyl (C=O) groups excluding carboxylic acids is 1. The van der Waals surface area contributed by atoms with E-state index >= 15 is 0 Å². The number of methoxy groups -OCH3 is 1. The minimum Gasteiger partial charge on any atom is -0.497 e. The van der Waals surface area contributed by atoms with E-state index in [0.29, 0.717) is 23.8 Å². The van der Waals surface area contributed by atoms with E-state index in [-0.39, 0.29) is 5.88 Å². The molecule has 1 aliphatic rings. The van der Waals surface area contributed by atoms with Crippen LogP contribution >= 0.6 is 0 Å². The molecule has 8 nitrogen and oxygen atoms in total. The molecular weight excluding hydrogens is 478 g/mol.